The van der Waals surface area contributed by atoms with Gasteiger partial charge in [-0.1, -0.05) is 60.6 Å². The first-order valence-corrected chi connectivity index (χ1v) is 10.9. The van der Waals surface area contributed by atoms with Crippen molar-refractivity contribution in [2.45, 2.75) is 58.5 Å². The lowest BCUT2D eigenvalue weighted by molar-refractivity contribution is -0.134. The first kappa shape index (κ1) is 22.5. The molecule has 3 rings (SSSR count). The lowest BCUT2D eigenvalue weighted by atomic mass is 10.0. The monoisotopic (exact) mass is 421 g/mol. The molecule has 0 aliphatic heterocycles. The van der Waals surface area contributed by atoms with Crippen LogP contribution in [0.4, 0.5) is 0 Å². The molecule has 31 heavy (non-hydrogen) atoms. The minimum atomic E-state index is 0.00217. The van der Waals surface area contributed by atoms with Crippen LogP contribution in [0.1, 0.15) is 49.5 Å². The average molecular weight is 422 g/mol. The first-order chi connectivity index (χ1) is 15.1. The van der Waals surface area contributed by atoms with Crippen LogP contribution in [0.25, 0.3) is 0 Å². The molecule has 3 aromatic rings. The third-order valence-corrected chi connectivity index (χ3v) is 5.29. The molecule has 164 valence electrons. The molecule has 0 N–H and O–H groups in total. The second-order valence-corrected chi connectivity index (χ2v) is 7.73. The lowest BCUT2D eigenvalue weighted by Crippen LogP contribution is -2.39. The molecule has 0 saturated carbocycles. The van der Waals surface area contributed by atoms with Crippen LogP contribution in [0.5, 0.6) is 5.75 Å². The molecule has 0 aliphatic rings. The van der Waals surface area contributed by atoms with E-state index < -0.39 is 0 Å². The molecule has 0 saturated heterocycles. The fourth-order valence-corrected chi connectivity index (χ4v) is 3.64. The summed E-state index contributed by atoms with van der Waals surface area (Å²) in [6.45, 7) is 4.71. The van der Waals surface area contributed by atoms with E-state index in [2.05, 4.69) is 24.0 Å². The summed E-state index contributed by atoms with van der Waals surface area (Å²) >= 11 is 0. The van der Waals surface area contributed by atoms with E-state index in [0.29, 0.717) is 37.5 Å². The maximum atomic E-state index is 13.2. The number of nitrogens with zero attached hydrogens (tertiary/aromatic N) is 3. The molecule has 1 amide bonds. The van der Waals surface area contributed by atoms with E-state index >= 15 is 0 Å². The number of hydrogen-bond donors (Lipinski definition) is 0. The van der Waals surface area contributed by atoms with E-state index in [0.717, 1.165) is 29.7 Å². The molecule has 0 radical (unpaired) electrons. The van der Waals surface area contributed by atoms with Gasteiger partial charge in [0, 0.05) is 31.8 Å². The fraction of sp³-hybridized carbons (Fsp3) is 0.400. The topological polar surface area (TPSA) is 68.5 Å². The molecule has 1 aromatic heterocycles. The summed E-state index contributed by atoms with van der Waals surface area (Å²) in [5.41, 5.74) is 2.19. The van der Waals surface area contributed by atoms with Gasteiger partial charge in [0.2, 0.25) is 11.8 Å². The molecule has 2 aromatic carbocycles. The molecule has 0 spiro atoms. The molecule has 0 bridgehead atoms. The van der Waals surface area contributed by atoms with Crippen molar-refractivity contribution in [1.82, 2.24) is 15.0 Å². The van der Waals surface area contributed by atoms with Crippen molar-refractivity contribution in [3.63, 3.8) is 0 Å². The van der Waals surface area contributed by atoms with Crippen LogP contribution in [0, 0.1) is 0 Å². The number of carbonyl (C=O) groups excluding carboxylic acids is 1. The Labute approximate surface area is 184 Å². The van der Waals surface area contributed by atoms with Gasteiger partial charge >= 0.3 is 0 Å². The van der Waals surface area contributed by atoms with Crippen LogP contribution in [0.2, 0.25) is 0 Å². The van der Waals surface area contributed by atoms with Gasteiger partial charge in [-0.25, -0.2) is 0 Å². The Morgan fingerprint density at radius 3 is 2.58 bits per heavy atom. The van der Waals surface area contributed by atoms with Gasteiger partial charge in [-0.3, -0.25) is 4.79 Å². The molecule has 0 aliphatic carbocycles. The normalized spacial score (nSPS) is 11.8. The van der Waals surface area contributed by atoms with E-state index in [1.807, 2.05) is 59.5 Å². The number of rotatable bonds is 11. The summed E-state index contributed by atoms with van der Waals surface area (Å²) < 4.78 is 10.8. The number of aromatic nitrogens is 2. The number of para-hydroxylation sites is 1. The quantitative estimate of drug-likeness (QED) is 0.452. The fourth-order valence-electron chi connectivity index (χ4n) is 3.64. The summed E-state index contributed by atoms with van der Waals surface area (Å²) in [6, 6.07) is 18.0. The van der Waals surface area contributed by atoms with Gasteiger partial charge in [-0.15, -0.1) is 0 Å². The highest BCUT2D eigenvalue weighted by atomic mass is 16.5. The third-order valence-electron chi connectivity index (χ3n) is 5.29. The standard InChI is InChI=1S/C25H31N3O3/c1-4-10-23-26-24(31-27-23)15-16-25(29)28(18-20-11-6-5-7-12-20)19(2)17-21-13-8-9-14-22(21)30-3/h5-9,11-14,19H,4,10,15-18H2,1-3H3. The van der Waals surface area contributed by atoms with E-state index in [-0.39, 0.29) is 11.9 Å². The summed E-state index contributed by atoms with van der Waals surface area (Å²) in [4.78, 5) is 19.6. The minimum absolute atomic E-state index is 0.00217. The van der Waals surface area contributed by atoms with E-state index in [1.54, 1.807) is 7.11 Å². The van der Waals surface area contributed by atoms with Crippen molar-refractivity contribution in [3.8, 4) is 5.75 Å². The Bertz CT molecular complexity index is 955. The van der Waals surface area contributed by atoms with Gasteiger partial charge in [0.05, 0.1) is 7.11 Å². The van der Waals surface area contributed by atoms with Crippen molar-refractivity contribution in [2.75, 3.05) is 7.11 Å². The van der Waals surface area contributed by atoms with Crippen LogP contribution in [-0.2, 0) is 30.6 Å². The molecule has 1 unspecified atom stereocenters. The Kier molecular flexibility index (Phi) is 8.21. The highest BCUT2D eigenvalue weighted by molar-refractivity contribution is 5.76. The Morgan fingerprint density at radius 1 is 1.10 bits per heavy atom. The van der Waals surface area contributed by atoms with Crippen molar-refractivity contribution in [1.29, 1.82) is 0 Å². The number of hydrogen-bond acceptors (Lipinski definition) is 5. The van der Waals surface area contributed by atoms with E-state index in [4.69, 9.17) is 9.26 Å². The van der Waals surface area contributed by atoms with Crippen LogP contribution < -0.4 is 4.74 Å². The van der Waals surface area contributed by atoms with Gasteiger partial charge in [-0.2, -0.15) is 4.98 Å². The largest absolute Gasteiger partial charge is 0.496 e. The number of methoxy groups -OCH3 is 1. The molecule has 1 atom stereocenters. The molecule has 1 heterocycles. The lowest BCUT2D eigenvalue weighted by Gasteiger charge is -2.30. The van der Waals surface area contributed by atoms with Crippen LogP contribution >= 0.6 is 0 Å². The summed E-state index contributed by atoms with van der Waals surface area (Å²) in [7, 11) is 1.67. The third kappa shape index (κ3) is 6.41. The molecule has 6 nitrogen and oxygen atoms in total. The van der Waals surface area contributed by atoms with Gasteiger partial charge in [0.1, 0.15) is 5.75 Å². The molecule has 0 fully saturated rings. The average Bonchev–Trinajstić information content (AvgIpc) is 3.24. The van der Waals surface area contributed by atoms with Gasteiger partial charge in [0.25, 0.3) is 0 Å². The highest BCUT2D eigenvalue weighted by Gasteiger charge is 2.22. The van der Waals surface area contributed by atoms with E-state index in [9.17, 15) is 4.79 Å². The van der Waals surface area contributed by atoms with Crippen molar-refractivity contribution >= 4 is 5.91 Å². The Balaban J connectivity index is 1.72. The van der Waals surface area contributed by atoms with Crippen LogP contribution in [0.15, 0.2) is 59.1 Å². The predicted octanol–water partition coefficient (Wildman–Crippen LogP) is 4.62. The second kappa shape index (κ2) is 11.3. The van der Waals surface area contributed by atoms with Crippen molar-refractivity contribution in [2.24, 2.45) is 0 Å². The zero-order chi connectivity index (χ0) is 22.1. The summed E-state index contributed by atoms with van der Waals surface area (Å²) in [5.74, 6) is 2.14. The zero-order valence-electron chi connectivity index (χ0n) is 18.6. The van der Waals surface area contributed by atoms with Crippen LogP contribution in [0.3, 0.4) is 0 Å². The first-order valence-electron chi connectivity index (χ1n) is 10.9. The van der Waals surface area contributed by atoms with Crippen LogP contribution in [-0.4, -0.2) is 34.1 Å². The SMILES string of the molecule is CCCc1noc(CCC(=O)N(Cc2ccccc2)C(C)Cc2ccccc2OC)n1. The number of amides is 1. The number of ether oxygens (including phenoxy) is 1. The predicted molar refractivity (Wildman–Crippen MR) is 120 cm³/mol. The number of carbonyl (C=O) groups is 1. The van der Waals surface area contributed by atoms with Gasteiger partial charge < -0.3 is 14.2 Å². The Hall–Kier alpha value is -3.15. The number of aryl methyl sites for hydroxylation is 2. The number of benzene rings is 2. The smallest absolute Gasteiger partial charge is 0.227 e. The highest BCUT2D eigenvalue weighted by Crippen LogP contribution is 2.22. The maximum absolute atomic E-state index is 13.2. The van der Waals surface area contributed by atoms with Crippen molar-refractivity contribution < 1.29 is 14.1 Å². The Morgan fingerprint density at radius 2 is 1.84 bits per heavy atom. The molecular formula is C25H31N3O3. The van der Waals surface area contributed by atoms with Crippen molar-refractivity contribution in [3.05, 3.63) is 77.4 Å². The van der Waals surface area contributed by atoms with E-state index in [1.165, 1.54) is 0 Å². The summed E-state index contributed by atoms with van der Waals surface area (Å²) in [5, 5.41) is 3.98. The minimum Gasteiger partial charge on any atom is -0.496 e. The zero-order valence-corrected chi connectivity index (χ0v) is 18.6. The summed E-state index contributed by atoms with van der Waals surface area (Å²) in [6.07, 6.45) is 3.24. The maximum Gasteiger partial charge on any atom is 0.227 e. The second-order valence-electron chi connectivity index (χ2n) is 7.73. The van der Waals surface area contributed by atoms with Gasteiger partial charge in [0.15, 0.2) is 5.82 Å². The van der Waals surface area contributed by atoms with Gasteiger partial charge in [-0.05, 0) is 37.0 Å². The molecule has 6 heteroatoms. The molecular weight excluding hydrogens is 390 g/mol.